The van der Waals surface area contributed by atoms with Crippen LogP contribution in [0.2, 0.25) is 5.02 Å². The first-order valence-corrected chi connectivity index (χ1v) is 8.22. The number of hydrogen-bond acceptors (Lipinski definition) is 3. The molecule has 2 atom stereocenters. The summed E-state index contributed by atoms with van der Waals surface area (Å²) in [7, 11) is 1.55. The molecule has 0 radical (unpaired) electrons. The predicted octanol–water partition coefficient (Wildman–Crippen LogP) is 3.49. The van der Waals surface area contributed by atoms with Gasteiger partial charge >= 0.3 is 0 Å². The van der Waals surface area contributed by atoms with Gasteiger partial charge in [0, 0.05) is 17.6 Å². The van der Waals surface area contributed by atoms with Crippen molar-refractivity contribution in [2.24, 2.45) is 5.92 Å². The van der Waals surface area contributed by atoms with Crippen molar-refractivity contribution in [2.75, 3.05) is 7.05 Å². The molecule has 0 bridgehead atoms. The van der Waals surface area contributed by atoms with E-state index in [1.54, 1.807) is 31.3 Å². The highest BCUT2D eigenvalue weighted by atomic mass is 35.5. The standard InChI is InChI=1S/C18H21ClN2O3/c1-4-11(2)16(18(23)20-3)21-17(22)15-10-9-14(24-15)12-5-7-13(19)8-6-12/h5-11,16H,4H2,1-3H3,(H,20,23)(H,21,22). The van der Waals surface area contributed by atoms with Crippen LogP contribution in [-0.4, -0.2) is 24.9 Å². The Bertz CT molecular complexity index is 709. The summed E-state index contributed by atoms with van der Waals surface area (Å²) in [6, 6.07) is 9.85. The van der Waals surface area contributed by atoms with E-state index in [2.05, 4.69) is 10.6 Å². The molecule has 5 nitrogen and oxygen atoms in total. The summed E-state index contributed by atoms with van der Waals surface area (Å²) in [5.74, 6) is 0.111. The van der Waals surface area contributed by atoms with Crippen LogP contribution >= 0.6 is 11.6 Å². The van der Waals surface area contributed by atoms with Gasteiger partial charge < -0.3 is 15.1 Å². The van der Waals surface area contributed by atoms with Crippen LogP contribution in [0.15, 0.2) is 40.8 Å². The van der Waals surface area contributed by atoms with Crippen LogP contribution in [0.5, 0.6) is 0 Å². The monoisotopic (exact) mass is 348 g/mol. The molecule has 1 aromatic heterocycles. The Morgan fingerprint density at radius 2 is 1.83 bits per heavy atom. The van der Waals surface area contributed by atoms with Gasteiger partial charge in [-0.1, -0.05) is 31.9 Å². The number of rotatable bonds is 6. The molecule has 2 amide bonds. The molecule has 1 aromatic carbocycles. The van der Waals surface area contributed by atoms with Gasteiger partial charge in [0.15, 0.2) is 5.76 Å². The first kappa shape index (κ1) is 18.1. The van der Waals surface area contributed by atoms with Crippen molar-refractivity contribution in [3.05, 3.63) is 47.2 Å². The molecule has 2 unspecified atom stereocenters. The molecular formula is C18H21ClN2O3. The lowest BCUT2D eigenvalue weighted by molar-refractivity contribution is -0.123. The van der Waals surface area contributed by atoms with Crippen molar-refractivity contribution < 1.29 is 14.0 Å². The van der Waals surface area contributed by atoms with Crippen LogP contribution in [0.25, 0.3) is 11.3 Å². The van der Waals surface area contributed by atoms with Crippen molar-refractivity contribution in [3.63, 3.8) is 0 Å². The van der Waals surface area contributed by atoms with Crippen molar-refractivity contribution >= 4 is 23.4 Å². The zero-order valence-electron chi connectivity index (χ0n) is 13.9. The summed E-state index contributed by atoms with van der Waals surface area (Å²) < 4.78 is 5.61. The molecule has 0 spiro atoms. The van der Waals surface area contributed by atoms with Gasteiger partial charge in [0.1, 0.15) is 11.8 Å². The topological polar surface area (TPSA) is 71.3 Å². The fraction of sp³-hybridized carbons (Fsp3) is 0.333. The SMILES string of the molecule is CCC(C)C(NC(=O)c1ccc(-c2ccc(Cl)cc2)o1)C(=O)NC. The van der Waals surface area contributed by atoms with E-state index in [4.69, 9.17) is 16.0 Å². The number of carbonyl (C=O) groups excluding carboxylic acids is 2. The van der Waals surface area contributed by atoms with E-state index in [0.29, 0.717) is 10.8 Å². The first-order chi connectivity index (χ1) is 11.5. The van der Waals surface area contributed by atoms with Gasteiger partial charge in [-0.05, 0) is 42.3 Å². The molecule has 2 N–H and O–H groups in total. The van der Waals surface area contributed by atoms with Crippen LogP contribution < -0.4 is 10.6 Å². The summed E-state index contributed by atoms with van der Waals surface area (Å²) in [6.45, 7) is 3.89. The highest BCUT2D eigenvalue weighted by Crippen LogP contribution is 2.24. The summed E-state index contributed by atoms with van der Waals surface area (Å²) in [5, 5.41) is 5.95. The van der Waals surface area contributed by atoms with Crippen LogP contribution in [0.4, 0.5) is 0 Å². The van der Waals surface area contributed by atoms with E-state index in [1.807, 2.05) is 26.0 Å². The largest absolute Gasteiger partial charge is 0.451 e. The molecule has 2 aromatic rings. The quantitative estimate of drug-likeness (QED) is 0.839. The first-order valence-electron chi connectivity index (χ1n) is 7.84. The fourth-order valence-corrected chi connectivity index (χ4v) is 2.42. The average molecular weight is 349 g/mol. The highest BCUT2D eigenvalue weighted by Gasteiger charge is 2.26. The van der Waals surface area contributed by atoms with E-state index in [1.165, 1.54) is 0 Å². The van der Waals surface area contributed by atoms with Gasteiger partial charge in [0.05, 0.1) is 0 Å². The second-order valence-electron chi connectivity index (χ2n) is 5.62. The number of carbonyl (C=O) groups is 2. The second-order valence-corrected chi connectivity index (χ2v) is 6.06. The molecule has 0 aliphatic rings. The molecule has 24 heavy (non-hydrogen) atoms. The maximum atomic E-state index is 12.4. The van der Waals surface area contributed by atoms with Crippen LogP contribution in [0.3, 0.4) is 0 Å². The van der Waals surface area contributed by atoms with E-state index in [0.717, 1.165) is 12.0 Å². The lowest BCUT2D eigenvalue weighted by Crippen LogP contribution is -2.49. The minimum Gasteiger partial charge on any atom is -0.451 e. The smallest absolute Gasteiger partial charge is 0.287 e. The van der Waals surface area contributed by atoms with Crippen molar-refractivity contribution in [3.8, 4) is 11.3 Å². The molecule has 1 heterocycles. The zero-order valence-corrected chi connectivity index (χ0v) is 14.7. The maximum Gasteiger partial charge on any atom is 0.287 e. The Morgan fingerprint density at radius 1 is 1.17 bits per heavy atom. The summed E-state index contributed by atoms with van der Waals surface area (Å²) in [5.41, 5.74) is 0.822. The van der Waals surface area contributed by atoms with Gasteiger partial charge in [-0.25, -0.2) is 0 Å². The minimum absolute atomic E-state index is 0.0135. The van der Waals surface area contributed by atoms with E-state index >= 15 is 0 Å². The van der Waals surface area contributed by atoms with Gasteiger partial charge in [0.25, 0.3) is 5.91 Å². The Labute approximate surface area is 146 Å². The molecule has 0 aliphatic heterocycles. The number of likely N-dealkylation sites (N-methyl/N-ethyl adjacent to an activating group) is 1. The molecule has 0 saturated carbocycles. The molecule has 0 saturated heterocycles. The van der Waals surface area contributed by atoms with Gasteiger partial charge in [-0.15, -0.1) is 0 Å². The van der Waals surface area contributed by atoms with E-state index in [-0.39, 0.29) is 17.6 Å². The fourth-order valence-electron chi connectivity index (χ4n) is 2.30. The van der Waals surface area contributed by atoms with E-state index < -0.39 is 11.9 Å². The third-order valence-electron chi connectivity index (χ3n) is 3.99. The number of benzene rings is 1. The minimum atomic E-state index is -0.600. The summed E-state index contributed by atoms with van der Waals surface area (Å²) >= 11 is 5.87. The summed E-state index contributed by atoms with van der Waals surface area (Å²) in [4.78, 5) is 24.4. The number of furan rings is 1. The average Bonchev–Trinajstić information content (AvgIpc) is 3.09. The number of nitrogens with one attached hydrogen (secondary N) is 2. The van der Waals surface area contributed by atoms with Gasteiger partial charge in [-0.2, -0.15) is 0 Å². The van der Waals surface area contributed by atoms with Gasteiger partial charge in [0.2, 0.25) is 5.91 Å². The zero-order chi connectivity index (χ0) is 17.7. The maximum absolute atomic E-state index is 12.4. The number of halogens is 1. The second kappa shape index (κ2) is 8.02. The summed E-state index contributed by atoms with van der Waals surface area (Å²) in [6.07, 6.45) is 0.770. The Balaban J connectivity index is 2.15. The van der Waals surface area contributed by atoms with E-state index in [9.17, 15) is 9.59 Å². The number of hydrogen-bond donors (Lipinski definition) is 2. The molecule has 2 rings (SSSR count). The number of amides is 2. The third kappa shape index (κ3) is 4.17. The molecular weight excluding hydrogens is 328 g/mol. The molecule has 0 aliphatic carbocycles. The van der Waals surface area contributed by atoms with Crippen molar-refractivity contribution in [1.82, 2.24) is 10.6 Å². The van der Waals surface area contributed by atoms with Crippen molar-refractivity contribution in [2.45, 2.75) is 26.3 Å². The lowest BCUT2D eigenvalue weighted by atomic mass is 9.98. The molecule has 128 valence electrons. The van der Waals surface area contributed by atoms with Crippen LogP contribution in [0, 0.1) is 5.92 Å². The Kier molecular flexibility index (Phi) is 6.04. The molecule has 0 fully saturated rings. The third-order valence-corrected chi connectivity index (χ3v) is 4.24. The highest BCUT2D eigenvalue weighted by molar-refractivity contribution is 6.30. The molecule has 6 heteroatoms. The van der Waals surface area contributed by atoms with Crippen molar-refractivity contribution in [1.29, 1.82) is 0 Å². The Hall–Kier alpha value is -2.27. The normalized spacial score (nSPS) is 13.2. The van der Waals surface area contributed by atoms with Crippen LogP contribution in [-0.2, 0) is 4.79 Å². The van der Waals surface area contributed by atoms with Gasteiger partial charge in [-0.3, -0.25) is 9.59 Å². The predicted molar refractivity (Wildman–Crippen MR) is 93.9 cm³/mol. The lowest BCUT2D eigenvalue weighted by Gasteiger charge is -2.22. The Morgan fingerprint density at radius 3 is 2.42 bits per heavy atom. The van der Waals surface area contributed by atoms with Crippen LogP contribution in [0.1, 0.15) is 30.8 Å².